The van der Waals surface area contributed by atoms with E-state index in [1.54, 1.807) is 22.6 Å². The molecule has 0 spiro atoms. The van der Waals surface area contributed by atoms with Crippen LogP contribution in [0.2, 0.25) is 0 Å². The first-order chi connectivity index (χ1) is 5.54. The van der Waals surface area contributed by atoms with Crippen molar-refractivity contribution in [2.45, 2.75) is 6.43 Å². The maximum absolute atomic E-state index is 12.3. The Morgan fingerprint density at radius 3 is 2.58 bits per heavy atom. The Balaban J connectivity index is 3.33. The Bertz CT molecular complexity index is 308. The number of aromatic hydroxyl groups is 1. The minimum atomic E-state index is -2.68. The summed E-state index contributed by atoms with van der Waals surface area (Å²) in [7, 11) is 0. The smallest absolute Gasteiger partial charge is 0.268 e. The Morgan fingerprint density at radius 1 is 1.58 bits per heavy atom. The summed E-state index contributed by atoms with van der Waals surface area (Å²) in [4.78, 5) is 3.65. The zero-order valence-electron chi connectivity index (χ0n) is 5.56. The molecule has 0 aliphatic rings. The van der Waals surface area contributed by atoms with Crippen molar-refractivity contribution in [3.63, 3.8) is 0 Å². The third-order valence-corrected chi connectivity index (χ3v) is 3.65. The lowest BCUT2D eigenvalue weighted by Gasteiger charge is -2.05. The van der Waals surface area contributed by atoms with Gasteiger partial charge >= 0.3 is 0 Å². The second-order valence-electron chi connectivity index (χ2n) is 1.96. The van der Waals surface area contributed by atoms with Gasteiger partial charge in [0.05, 0.1) is 15.3 Å². The van der Waals surface area contributed by atoms with E-state index in [0.717, 1.165) is 6.20 Å². The van der Waals surface area contributed by atoms with Gasteiger partial charge in [-0.2, -0.15) is 0 Å². The highest BCUT2D eigenvalue weighted by Crippen LogP contribution is 2.34. The van der Waals surface area contributed by atoms with Gasteiger partial charge in [0.1, 0.15) is 10.4 Å². The van der Waals surface area contributed by atoms with Crippen molar-refractivity contribution in [3.8, 4) is 5.75 Å². The molecule has 0 saturated carbocycles. The lowest BCUT2D eigenvalue weighted by atomic mass is 10.2. The Hall–Kier alpha value is 0.0200. The molecule has 12 heavy (non-hydrogen) atoms. The van der Waals surface area contributed by atoms with Crippen molar-refractivity contribution in [1.82, 2.24) is 4.98 Å². The van der Waals surface area contributed by atoms with E-state index in [9.17, 15) is 8.78 Å². The number of nitrogens with zero attached hydrogens (tertiary/aromatic N) is 1. The molecule has 0 atom stereocenters. The zero-order chi connectivity index (χ0) is 9.30. The summed E-state index contributed by atoms with van der Waals surface area (Å²) in [5.74, 6) is -0.474. The van der Waals surface area contributed by atoms with Crippen LogP contribution in [0.25, 0.3) is 0 Å². The van der Waals surface area contributed by atoms with E-state index >= 15 is 0 Å². The molecule has 0 aromatic carbocycles. The van der Waals surface area contributed by atoms with Crippen LogP contribution in [-0.4, -0.2) is 10.1 Å². The van der Waals surface area contributed by atoms with E-state index in [2.05, 4.69) is 20.9 Å². The first-order valence-corrected chi connectivity index (χ1v) is 4.72. The molecule has 0 amide bonds. The highest BCUT2D eigenvalue weighted by Gasteiger charge is 2.19. The summed E-state index contributed by atoms with van der Waals surface area (Å²) in [5.41, 5.74) is -0.377. The molecule has 0 saturated heterocycles. The van der Waals surface area contributed by atoms with Crippen molar-refractivity contribution >= 4 is 38.5 Å². The van der Waals surface area contributed by atoms with Crippen LogP contribution in [-0.2, 0) is 0 Å². The molecule has 0 bridgehead atoms. The van der Waals surface area contributed by atoms with Crippen LogP contribution in [0.15, 0.2) is 10.8 Å². The van der Waals surface area contributed by atoms with Gasteiger partial charge in [-0.25, -0.2) is 13.8 Å². The van der Waals surface area contributed by atoms with Crippen molar-refractivity contribution in [1.29, 1.82) is 0 Å². The molecule has 0 fully saturated rings. The third-order valence-electron chi connectivity index (χ3n) is 1.21. The number of hydrogen-bond acceptors (Lipinski definition) is 2. The normalized spacial score (nSPS) is 10.8. The number of hydrogen-bond donors (Lipinski definition) is 1. The van der Waals surface area contributed by atoms with Gasteiger partial charge in [0.15, 0.2) is 0 Å². The molecule has 0 aliphatic heterocycles. The fraction of sp³-hybridized carbons (Fsp3) is 0.167. The standard InChI is InChI=1S/C6H3BrF2INO/c7-5-4(10)3(6(8)9)2(12)1-11-5/h1,6,12H. The monoisotopic (exact) mass is 349 g/mol. The predicted octanol–water partition coefficient (Wildman–Crippen LogP) is 3.09. The molecular weight excluding hydrogens is 347 g/mol. The van der Waals surface area contributed by atoms with Crippen molar-refractivity contribution < 1.29 is 13.9 Å². The van der Waals surface area contributed by atoms with Crippen molar-refractivity contribution in [2.24, 2.45) is 0 Å². The average Bonchev–Trinajstić information content (AvgIpc) is 1.97. The SMILES string of the molecule is Oc1cnc(Br)c(I)c1C(F)F. The molecule has 1 heterocycles. The summed E-state index contributed by atoms with van der Waals surface area (Å²) in [6.07, 6.45) is -1.69. The minimum Gasteiger partial charge on any atom is -0.506 e. The summed E-state index contributed by atoms with van der Waals surface area (Å²) in [6, 6.07) is 0. The Labute approximate surface area is 89.3 Å². The van der Waals surface area contributed by atoms with Crippen LogP contribution >= 0.6 is 38.5 Å². The second-order valence-corrected chi connectivity index (χ2v) is 3.79. The maximum atomic E-state index is 12.3. The van der Waals surface area contributed by atoms with E-state index in [0.29, 0.717) is 4.60 Å². The van der Waals surface area contributed by atoms with Gasteiger partial charge in [0.2, 0.25) is 0 Å². The van der Waals surface area contributed by atoms with Gasteiger partial charge in [-0.1, -0.05) is 0 Å². The van der Waals surface area contributed by atoms with E-state index < -0.39 is 12.2 Å². The van der Waals surface area contributed by atoms with Crippen molar-refractivity contribution in [3.05, 3.63) is 19.9 Å². The van der Waals surface area contributed by atoms with Gasteiger partial charge in [0, 0.05) is 0 Å². The summed E-state index contributed by atoms with van der Waals surface area (Å²) < 4.78 is 25.1. The fourth-order valence-corrected chi connectivity index (χ4v) is 1.64. The van der Waals surface area contributed by atoms with Gasteiger partial charge in [-0.3, -0.25) is 0 Å². The first kappa shape index (κ1) is 10.1. The molecule has 1 aromatic heterocycles. The maximum Gasteiger partial charge on any atom is 0.268 e. The predicted molar refractivity (Wildman–Crippen MR) is 51.3 cm³/mol. The van der Waals surface area contributed by atoms with Crippen LogP contribution in [0.5, 0.6) is 5.75 Å². The Kier molecular flexibility index (Phi) is 3.22. The quantitative estimate of drug-likeness (QED) is 0.624. The molecule has 1 aromatic rings. The zero-order valence-corrected chi connectivity index (χ0v) is 9.30. The van der Waals surface area contributed by atoms with Crippen LogP contribution in [0.4, 0.5) is 8.78 Å². The molecular formula is C6H3BrF2INO. The molecule has 66 valence electrons. The number of alkyl halides is 2. The minimum absolute atomic E-state index is 0.239. The van der Waals surface area contributed by atoms with E-state index in [1.165, 1.54) is 0 Å². The topological polar surface area (TPSA) is 33.1 Å². The average molecular weight is 350 g/mol. The van der Waals surface area contributed by atoms with Crippen LogP contribution in [0.1, 0.15) is 12.0 Å². The molecule has 2 nitrogen and oxygen atoms in total. The molecule has 1 rings (SSSR count). The largest absolute Gasteiger partial charge is 0.506 e. The van der Waals surface area contributed by atoms with Crippen LogP contribution in [0, 0.1) is 3.57 Å². The molecule has 0 aliphatic carbocycles. The van der Waals surface area contributed by atoms with Crippen molar-refractivity contribution in [2.75, 3.05) is 0 Å². The van der Waals surface area contributed by atoms with Gasteiger partial charge in [0.25, 0.3) is 6.43 Å². The first-order valence-electron chi connectivity index (χ1n) is 2.85. The molecule has 0 radical (unpaired) electrons. The van der Waals surface area contributed by atoms with E-state index in [1.807, 2.05) is 0 Å². The highest BCUT2D eigenvalue weighted by molar-refractivity contribution is 14.1. The van der Waals surface area contributed by atoms with E-state index in [-0.39, 0.29) is 9.13 Å². The summed E-state index contributed by atoms with van der Waals surface area (Å²) >= 11 is 4.68. The molecule has 1 N–H and O–H groups in total. The third kappa shape index (κ3) is 1.85. The highest BCUT2D eigenvalue weighted by atomic mass is 127. The summed E-state index contributed by atoms with van der Waals surface area (Å²) in [5, 5.41) is 9.02. The lowest BCUT2D eigenvalue weighted by molar-refractivity contribution is 0.146. The molecule has 6 heteroatoms. The second kappa shape index (κ2) is 3.82. The van der Waals surface area contributed by atoms with E-state index in [4.69, 9.17) is 5.11 Å². The van der Waals surface area contributed by atoms with Gasteiger partial charge in [-0.05, 0) is 38.5 Å². The van der Waals surface area contributed by atoms with Crippen LogP contribution < -0.4 is 0 Å². The van der Waals surface area contributed by atoms with Gasteiger partial charge < -0.3 is 5.11 Å². The molecule has 0 unspecified atom stereocenters. The number of aromatic nitrogens is 1. The fourth-order valence-electron chi connectivity index (χ4n) is 0.675. The van der Waals surface area contributed by atoms with Gasteiger partial charge in [-0.15, -0.1) is 0 Å². The number of rotatable bonds is 1. The lowest BCUT2D eigenvalue weighted by Crippen LogP contribution is -1.93. The van der Waals surface area contributed by atoms with Crippen LogP contribution in [0.3, 0.4) is 0 Å². The summed E-state index contributed by atoms with van der Waals surface area (Å²) in [6.45, 7) is 0. The number of halogens is 4. The number of pyridine rings is 1. The Morgan fingerprint density at radius 2 is 2.17 bits per heavy atom.